The quantitative estimate of drug-likeness (QED) is 0.698. The molecule has 0 saturated heterocycles. The van der Waals surface area contributed by atoms with Crippen molar-refractivity contribution in [1.29, 1.82) is 0 Å². The Morgan fingerprint density at radius 3 is 2.94 bits per heavy atom. The maximum atomic E-state index is 5.78. The van der Waals surface area contributed by atoms with Gasteiger partial charge in [0.1, 0.15) is 5.82 Å². The zero-order valence-electron chi connectivity index (χ0n) is 8.71. The van der Waals surface area contributed by atoms with E-state index >= 15 is 0 Å². The minimum atomic E-state index is 0.522. The molecule has 3 aromatic heterocycles. The van der Waals surface area contributed by atoms with E-state index in [-0.39, 0.29) is 0 Å². The van der Waals surface area contributed by atoms with Crippen LogP contribution in [0.15, 0.2) is 30.5 Å². The maximum absolute atomic E-state index is 5.78. The van der Waals surface area contributed by atoms with Crippen molar-refractivity contribution in [1.82, 2.24) is 14.6 Å². The Morgan fingerprint density at radius 1 is 1.31 bits per heavy atom. The minimum absolute atomic E-state index is 0.522. The minimum Gasteiger partial charge on any atom is -0.384 e. The Balaban J connectivity index is 2.33. The van der Waals surface area contributed by atoms with Crippen LogP contribution in [-0.2, 0) is 0 Å². The molecule has 0 amide bonds. The van der Waals surface area contributed by atoms with Gasteiger partial charge in [0, 0.05) is 17.0 Å². The third kappa shape index (κ3) is 1.37. The fraction of sp³-hybridized carbons (Fsp3) is 0.0909. The van der Waals surface area contributed by atoms with Crippen molar-refractivity contribution in [2.45, 2.75) is 6.92 Å². The lowest BCUT2D eigenvalue weighted by Crippen LogP contribution is -1.98. The fourth-order valence-electron chi connectivity index (χ4n) is 1.68. The molecule has 0 radical (unpaired) electrons. The van der Waals surface area contributed by atoms with E-state index in [1.165, 1.54) is 4.88 Å². The highest BCUT2D eigenvalue weighted by Gasteiger charge is 2.08. The van der Waals surface area contributed by atoms with Gasteiger partial charge in [0.25, 0.3) is 0 Å². The highest BCUT2D eigenvalue weighted by Crippen LogP contribution is 2.28. The summed E-state index contributed by atoms with van der Waals surface area (Å²) in [5.74, 6) is 0.522. The summed E-state index contributed by atoms with van der Waals surface area (Å²) in [6, 6.07) is 7.87. The van der Waals surface area contributed by atoms with E-state index in [0.717, 1.165) is 16.2 Å². The Hall–Kier alpha value is -1.88. The number of nitrogen functional groups attached to an aromatic ring is 1. The van der Waals surface area contributed by atoms with Gasteiger partial charge >= 0.3 is 0 Å². The molecular formula is C11H10N4S. The molecule has 2 N–H and O–H groups in total. The first-order chi connectivity index (χ1) is 7.74. The van der Waals surface area contributed by atoms with Gasteiger partial charge in [-0.2, -0.15) is 5.10 Å². The van der Waals surface area contributed by atoms with E-state index in [1.54, 1.807) is 17.5 Å². The molecule has 0 aliphatic heterocycles. The van der Waals surface area contributed by atoms with Crippen molar-refractivity contribution in [3.05, 3.63) is 35.3 Å². The molecule has 0 fully saturated rings. The van der Waals surface area contributed by atoms with Gasteiger partial charge in [0.05, 0.1) is 16.8 Å². The van der Waals surface area contributed by atoms with Crippen LogP contribution in [0.3, 0.4) is 0 Å². The second-order valence-corrected chi connectivity index (χ2v) is 4.87. The van der Waals surface area contributed by atoms with Crippen LogP contribution in [0, 0.1) is 6.92 Å². The predicted octanol–water partition coefficient (Wildman–Crippen LogP) is 2.35. The van der Waals surface area contributed by atoms with Crippen LogP contribution in [-0.4, -0.2) is 14.6 Å². The molecule has 0 bridgehead atoms. The van der Waals surface area contributed by atoms with Crippen molar-refractivity contribution in [3.8, 4) is 10.6 Å². The standard InChI is InChI=1S/C11H10N4S/c1-7-2-3-9(16-7)8-6-10(12)14-11-4-5-13-15(8)11/h2-6H,1H3,(H2,12,14). The molecule has 0 aromatic carbocycles. The summed E-state index contributed by atoms with van der Waals surface area (Å²) in [6.45, 7) is 2.08. The van der Waals surface area contributed by atoms with Crippen LogP contribution in [0.2, 0.25) is 0 Å². The average molecular weight is 230 g/mol. The van der Waals surface area contributed by atoms with Gasteiger partial charge in [-0.1, -0.05) is 0 Å². The summed E-state index contributed by atoms with van der Waals surface area (Å²) in [5, 5.41) is 4.25. The number of nitrogens with zero attached hydrogens (tertiary/aromatic N) is 3. The van der Waals surface area contributed by atoms with Crippen molar-refractivity contribution in [3.63, 3.8) is 0 Å². The number of rotatable bonds is 1. The van der Waals surface area contributed by atoms with E-state index in [1.807, 2.05) is 16.6 Å². The summed E-state index contributed by atoms with van der Waals surface area (Å²) in [6.07, 6.45) is 1.73. The number of fused-ring (bicyclic) bond motifs is 1. The highest BCUT2D eigenvalue weighted by atomic mass is 32.1. The summed E-state index contributed by atoms with van der Waals surface area (Å²) in [4.78, 5) is 6.63. The Kier molecular flexibility index (Phi) is 1.94. The molecule has 3 aromatic rings. The molecule has 16 heavy (non-hydrogen) atoms. The normalized spacial score (nSPS) is 11.1. The van der Waals surface area contributed by atoms with Gasteiger partial charge < -0.3 is 5.73 Å². The number of nitrogens with two attached hydrogens (primary N) is 1. The van der Waals surface area contributed by atoms with Crippen molar-refractivity contribution < 1.29 is 0 Å². The molecule has 0 unspecified atom stereocenters. The number of aromatic nitrogens is 3. The summed E-state index contributed by atoms with van der Waals surface area (Å²) in [7, 11) is 0. The molecule has 3 heterocycles. The van der Waals surface area contributed by atoms with Gasteiger partial charge in [-0.05, 0) is 19.1 Å². The molecule has 0 aliphatic carbocycles. The van der Waals surface area contributed by atoms with Gasteiger partial charge in [0.15, 0.2) is 5.65 Å². The first-order valence-corrected chi connectivity index (χ1v) is 5.73. The molecule has 0 saturated carbocycles. The number of anilines is 1. The number of hydrogen-bond donors (Lipinski definition) is 1. The predicted molar refractivity (Wildman–Crippen MR) is 65.4 cm³/mol. The van der Waals surface area contributed by atoms with Crippen LogP contribution >= 0.6 is 11.3 Å². The van der Waals surface area contributed by atoms with E-state index in [4.69, 9.17) is 5.73 Å². The number of aryl methyl sites for hydroxylation is 1. The van der Waals surface area contributed by atoms with Crippen LogP contribution < -0.4 is 5.73 Å². The zero-order chi connectivity index (χ0) is 11.1. The van der Waals surface area contributed by atoms with Crippen molar-refractivity contribution in [2.75, 3.05) is 5.73 Å². The van der Waals surface area contributed by atoms with Gasteiger partial charge in [-0.15, -0.1) is 11.3 Å². The van der Waals surface area contributed by atoms with Crippen LogP contribution in [0.4, 0.5) is 5.82 Å². The van der Waals surface area contributed by atoms with Gasteiger partial charge in [-0.3, -0.25) is 0 Å². The molecule has 0 spiro atoms. The molecular weight excluding hydrogens is 220 g/mol. The van der Waals surface area contributed by atoms with Gasteiger partial charge in [0.2, 0.25) is 0 Å². The second-order valence-electron chi connectivity index (χ2n) is 3.58. The smallest absolute Gasteiger partial charge is 0.158 e. The first kappa shape index (κ1) is 9.35. The summed E-state index contributed by atoms with van der Waals surface area (Å²) in [5.41, 5.74) is 7.55. The zero-order valence-corrected chi connectivity index (χ0v) is 9.53. The molecule has 4 nitrogen and oxygen atoms in total. The highest BCUT2D eigenvalue weighted by molar-refractivity contribution is 7.15. The van der Waals surface area contributed by atoms with Crippen LogP contribution in [0.25, 0.3) is 16.2 Å². The third-order valence-corrected chi connectivity index (χ3v) is 3.40. The maximum Gasteiger partial charge on any atom is 0.158 e. The van der Waals surface area contributed by atoms with Crippen molar-refractivity contribution in [2.24, 2.45) is 0 Å². The molecule has 0 aliphatic rings. The third-order valence-electron chi connectivity index (χ3n) is 2.37. The number of hydrogen-bond acceptors (Lipinski definition) is 4. The van der Waals surface area contributed by atoms with Crippen LogP contribution in [0.1, 0.15) is 4.88 Å². The summed E-state index contributed by atoms with van der Waals surface area (Å²) < 4.78 is 1.81. The largest absolute Gasteiger partial charge is 0.384 e. The Labute approximate surface area is 96.4 Å². The number of thiophene rings is 1. The van der Waals surface area contributed by atoms with Gasteiger partial charge in [-0.25, -0.2) is 9.50 Å². The monoisotopic (exact) mass is 230 g/mol. The lowest BCUT2D eigenvalue weighted by atomic mass is 10.3. The molecule has 5 heteroatoms. The Morgan fingerprint density at radius 2 is 2.19 bits per heavy atom. The lowest BCUT2D eigenvalue weighted by Gasteiger charge is -2.03. The van der Waals surface area contributed by atoms with Crippen LogP contribution in [0.5, 0.6) is 0 Å². The second kappa shape index (κ2) is 3.31. The van der Waals surface area contributed by atoms with E-state index < -0.39 is 0 Å². The Bertz CT molecular complexity index is 653. The molecule has 3 rings (SSSR count). The van der Waals surface area contributed by atoms with E-state index in [2.05, 4.69) is 29.1 Å². The van der Waals surface area contributed by atoms with E-state index in [9.17, 15) is 0 Å². The van der Waals surface area contributed by atoms with E-state index in [0.29, 0.717) is 5.82 Å². The van der Waals surface area contributed by atoms with Crippen molar-refractivity contribution >= 4 is 22.8 Å². The average Bonchev–Trinajstić information content (AvgIpc) is 2.84. The lowest BCUT2D eigenvalue weighted by molar-refractivity contribution is 0.953. The first-order valence-electron chi connectivity index (χ1n) is 4.91. The fourth-order valence-corrected chi connectivity index (χ4v) is 2.55. The molecule has 80 valence electrons. The topological polar surface area (TPSA) is 56.2 Å². The molecule has 0 atom stereocenters. The SMILES string of the molecule is Cc1ccc(-c2cc(N)nc3ccnn23)s1. The summed E-state index contributed by atoms with van der Waals surface area (Å²) >= 11 is 1.72.